The van der Waals surface area contributed by atoms with Gasteiger partial charge in [0.1, 0.15) is 0 Å². The van der Waals surface area contributed by atoms with E-state index in [9.17, 15) is 4.79 Å². The van der Waals surface area contributed by atoms with Crippen LogP contribution in [0.3, 0.4) is 0 Å². The Kier molecular flexibility index (Phi) is 7.99. The van der Waals surface area contributed by atoms with E-state index in [1.54, 1.807) is 6.20 Å². The Labute approximate surface area is 126 Å². The predicted molar refractivity (Wildman–Crippen MR) is 80.9 cm³/mol. The molecule has 0 saturated heterocycles. The second-order valence-electron chi connectivity index (χ2n) is 4.73. The van der Waals surface area contributed by atoms with E-state index in [4.69, 9.17) is 5.73 Å². The molecule has 1 atom stereocenters. The summed E-state index contributed by atoms with van der Waals surface area (Å²) in [6.07, 6.45) is 4.52. The van der Waals surface area contributed by atoms with Crippen LogP contribution in [0.4, 0.5) is 0 Å². The molecular formula is C13H21Cl2N3O. The largest absolute Gasteiger partial charge is 0.352 e. The Morgan fingerprint density at radius 1 is 1.47 bits per heavy atom. The highest BCUT2D eigenvalue weighted by Crippen LogP contribution is 2.32. The number of aromatic nitrogens is 1. The first-order chi connectivity index (χ1) is 8.19. The van der Waals surface area contributed by atoms with E-state index in [2.05, 4.69) is 10.3 Å². The van der Waals surface area contributed by atoms with E-state index in [0.29, 0.717) is 18.9 Å². The zero-order chi connectivity index (χ0) is 12.3. The standard InChI is InChI=1S/C13H19N3O.2ClH/c1-9-2-3-10(8-15-9)6-13(17)16-12(7-14)11-4-5-11;;/h2-3,8,11-12H,4-7,14H2,1H3,(H,16,17);2*1H. The molecule has 1 fully saturated rings. The molecule has 1 saturated carbocycles. The molecule has 1 amide bonds. The lowest BCUT2D eigenvalue weighted by molar-refractivity contribution is -0.121. The van der Waals surface area contributed by atoms with Crippen molar-refractivity contribution < 1.29 is 4.79 Å². The Morgan fingerprint density at radius 2 is 2.16 bits per heavy atom. The maximum Gasteiger partial charge on any atom is 0.224 e. The van der Waals surface area contributed by atoms with Crippen molar-refractivity contribution in [2.45, 2.75) is 32.2 Å². The Hall–Kier alpha value is -0.840. The number of aryl methyl sites for hydroxylation is 1. The highest BCUT2D eigenvalue weighted by molar-refractivity contribution is 5.85. The third-order valence-electron chi connectivity index (χ3n) is 3.13. The first kappa shape index (κ1) is 18.2. The molecule has 1 unspecified atom stereocenters. The molecule has 0 radical (unpaired) electrons. The van der Waals surface area contributed by atoms with Gasteiger partial charge in [0.15, 0.2) is 0 Å². The lowest BCUT2D eigenvalue weighted by Crippen LogP contribution is -2.42. The van der Waals surface area contributed by atoms with E-state index in [1.165, 1.54) is 12.8 Å². The number of nitrogens with one attached hydrogen (secondary N) is 1. The van der Waals surface area contributed by atoms with Crippen molar-refractivity contribution in [3.05, 3.63) is 29.6 Å². The molecular weight excluding hydrogens is 285 g/mol. The number of nitrogens with two attached hydrogens (primary N) is 1. The van der Waals surface area contributed by atoms with Crippen LogP contribution in [0.2, 0.25) is 0 Å². The van der Waals surface area contributed by atoms with Gasteiger partial charge in [-0.1, -0.05) is 6.07 Å². The number of rotatable bonds is 5. The summed E-state index contributed by atoms with van der Waals surface area (Å²) in [6.45, 7) is 2.46. The van der Waals surface area contributed by atoms with Crippen LogP contribution >= 0.6 is 24.8 Å². The van der Waals surface area contributed by atoms with Crippen molar-refractivity contribution >= 4 is 30.7 Å². The van der Waals surface area contributed by atoms with Crippen LogP contribution in [0, 0.1) is 12.8 Å². The normalized spacial score (nSPS) is 14.8. The van der Waals surface area contributed by atoms with Gasteiger partial charge in [-0.25, -0.2) is 0 Å². The van der Waals surface area contributed by atoms with Crippen LogP contribution in [-0.4, -0.2) is 23.5 Å². The van der Waals surface area contributed by atoms with Gasteiger partial charge in [0.2, 0.25) is 5.91 Å². The third-order valence-corrected chi connectivity index (χ3v) is 3.13. The molecule has 2 rings (SSSR count). The fraction of sp³-hybridized carbons (Fsp3) is 0.538. The maximum atomic E-state index is 11.8. The first-order valence-corrected chi connectivity index (χ1v) is 6.10. The van der Waals surface area contributed by atoms with Gasteiger partial charge in [-0.3, -0.25) is 9.78 Å². The number of hydrogen-bond donors (Lipinski definition) is 2. The second-order valence-corrected chi connectivity index (χ2v) is 4.73. The summed E-state index contributed by atoms with van der Waals surface area (Å²) in [5.74, 6) is 0.637. The monoisotopic (exact) mass is 305 g/mol. The zero-order valence-corrected chi connectivity index (χ0v) is 12.6. The second kappa shape index (κ2) is 8.35. The number of nitrogens with zero attached hydrogens (tertiary/aromatic N) is 1. The molecule has 0 aromatic carbocycles. The number of amides is 1. The molecule has 1 aromatic heterocycles. The molecule has 3 N–H and O–H groups in total. The molecule has 6 heteroatoms. The van der Waals surface area contributed by atoms with Gasteiger partial charge in [0.05, 0.1) is 6.42 Å². The summed E-state index contributed by atoms with van der Waals surface area (Å²) in [4.78, 5) is 16.0. The zero-order valence-electron chi connectivity index (χ0n) is 11.0. The molecule has 19 heavy (non-hydrogen) atoms. The maximum absolute atomic E-state index is 11.8. The lowest BCUT2D eigenvalue weighted by Gasteiger charge is -2.15. The summed E-state index contributed by atoms with van der Waals surface area (Å²) in [5.41, 5.74) is 7.56. The molecule has 1 aromatic rings. The molecule has 0 aliphatic heterocycles. The van der Waals surface area contributed by atoms with E-state index in [0.717, 1.165) is 11.3 Å². The smallest absolute Gasteiger partial charge is 0.224 e. The minimum Gasteiger partial charge on any atom is -0.352 e. The van der Waals surface area contributed by atoms with Crippen LogP contribution in [0.5, 0.6) is 0 Å². The van der Waals surface area contributed by atoms with Crippen molar-refractivity contribution in [2.24, 2.45) is 11.7 Å². The van der Waals surface area contributed by atoms with Gasteiger partial charge < -0.3 is 11.1 Å². The van der Waals surface area contributed by atoms with Crippen LogP contribution in [0.1, 0.15) is 24.1 Å². The minimum absolute atomic E-state index is 0. The van der Waals surface area contributed by atoms with Gasteiger partial charge in [-0.05, 0) is 37.3 Å². The highest BCUT2D eigenvalue weighted by Gasteiger charge is 2.31. The molecule has 4 nitrogen and oxygen atoms in total. The summed E-state index contributed by atoms with van der Waals surface area (Å²) < 4.78 is 0. The number of hydrogen-bond acceptors (Lipinski definition) is 3. The fourth-order valence-corrected chi connectivity index (χ4v) is 1.91. The van der Waals surface area contributed by atoms with Gasteiger partial charge in [-0.15, -0.1) is 24.8 Å². The molecule has 1 aliphatic carbocycles. The van der Waals surface area contributed by atoms with Crippen LogP contribution in [-0.2, 0) is 11.2 Å². The third kappa shape index (κ3) is 5.76. The van der Waals surface area contributed by atoms with Gasteiger partial charge in [-0.2, -0.15) is 0 Å². The van der Waals surface area contributed by atoms with Crippen LogP contribution in [0.25, 0.3) is 0 Å². The van der Waals surface area contributed by atoms with Crippen LogP contribution in [0.15, 0.2) is 18.3 Å². The summed E-state index contributed by atoms with van der Waals surface area (Å²) >= 11 is 0. The predicted octanol–water partition coefficient (Wildman–Crippen LogP) is 1.63. The van der Waals surface area contributed by atoms with E-state index < -0.39 is 0 Å². The molecule has 108 valence electrons. The average molecular weight is 306 g/mol. The van der Waals surface area contributed by atoms with Crippen molar-refractivity contribution in [1.29, 1.82) is 0 Å². The summed E-state index contributed by atoms with van der Waals surface area (Å²) in [6, 6.07) is 4.02. The van der Waals surface area contributed by atoms with Crippen LogP contribution < -0.4 is 11.1 Å². The van der Waals surface area contributed by atoms with Crippen molar-refractivity contribution in [1.82, 2.24) is 10.3 Å². The lowest BCUT2D eigenvalue weighted by atomic mass is 10.1. The van der Waals surface area contributed by atoms with Gasteiger partial charge in [0.25, 0.3) is 0 Å². The van der Waals surface area contributed by atoms with E-state index >= 15 is 0 Å². The van der Waals surface area contributed by atoms with Gasteiger partial charge >= 0.3 is 0 Å². The van der Waals surface area contributed by atoms with Gasteiger partial charge in [0, 0.05) is 24.5 Å². The SMILES string of the molecule is Cc1ccc(CC(=O)NC(CN)C2CC2)cn1.Cl.Cl. The fourth-order valence-electron chi connectivity index (χ4n) is 1.91. The van der Waals surface area contributed by atoms with E-state index in [-0.39, 0.29) is 36.8 Å². The Balaban J connectivity index is 0.00000162. The molecule has 0 bridgehead atoms. The number of carbonyl (C=O) groups is 1. The topological polar surface area (TPSA) is 68.0 Å². The summed E-state index contributed by atoms with van der Waals surface area (Å²) in [5, 5.41) is 3.00. The number of halogens is 2. The summed E-state index contributed by atoms with van der Waals surface area (Å²) in [7, 11) is 0. The number of carbonyl (C=O) groups excluding carboxylic acids is 1. The number of pyridine rings is 1. The average Bonchev–Trinajstić information content (AvgIpc) is 3.13. The quantitative estimate of drug-likeness (QED) is 0.869. The van der Waals surface area contributed by atoms with Crippen molar-refractivity contribution in [3.63, 3.8) is 0 Å². The molecule has 0 spiro atoms. The van der Waals surface area contributed by atoms with Crippen molar-refractivity contribution in [3.8, 4) is 0 Å². The minimum atomic E-state index is 0. The molecule has 1 heterocycles. The van der Waals surface area contributed by atoms with E-state index in [1.807, 2.05) is 19.1 Å². The Bertz CT molecular complexity index is 393. The highest BCUT2D eigenvalue weighted by atomic mass is 35.5. The van der Waals surface area contributed by atoms with Crippen molar-refractivity contribution in [2.75, 3.05) is 6.54 Å². The molecule has 1 aliphatic rings. The Morgan fingerprint density at radius 3 is 2.63 bits per heavy atom. The first-order valence-electron chi connectivity index (χ1n) is 6.10.